The van der Waals surface area contributed by atoms with Crippen molar-refractivity contribution in [2.45, 2.75) is 24.7 Å². The Balaban J connectivity index is 2.29. The minimum atomic E-state index is -4.91. The monoisotopic (exact) mass is 371 g/mol. The fraction of sp³-hybridized carbons (Fsp3) is 0.400. The van der Waals surface area contributed by atoms with Crippen LogP contribution in [0, 0.1) is 0 Å². The van der Waals surface area contributed by atoms with Gasteiger partial charge in [0.15, 0.2) is 5.60 Å². The highest BCUT2D eigenvalue weighted by molar-refractivity contribution is 9.10. The molecule has 2 atom stereocenters. The van der Waals surface area contributed by atoms with Crippen LogP contribution < -0.4 is 5.73 Å². The van der Waals surface area contributed by atoms with Crippen LogP contribution in [-0.4, -0.2) is 27.0 Å². The molecule has 110 valence electrons. The van der Waals surface area contributed by atoms with Gasteiger partial charge in [-0.1, -0.05) is 5.16 Å². The molecule has 0 saturated carbocycles. The SMILES string of the molecule is CC(O)(C(N)c1nc(-c2cc(Br)cs2)no1)C(F)(F)F. The maximum atomic E-state index is 12.7. The summed E-state index contributed by atoms with van der Waals surface area (Å²) in [6, 6.07) is -0.181. The molecule has 2 aromatic heterocycles. The third kappa shape index (κ3) is 2.73. The molecule has 2 heterocycles. The number of aliphatic hydroxyl groups is 1. The van der Waals surface area contributed by atoms with Crippen molar-refractivity contribution in [3.63, 3.8) is 0 Å². The Morgan fingerprint density at radius 3 is 2.65 bits per heavy atom. The van der Waals surface area contributed by atoms with Crippen LogP contribution in [0.3, 0.4) is 0 Å². The smallest absolute Gasteiger partial charge is 0.379 e. The largest absolute Gasteiger partial charge is 0.418 e. The van der Waals surface area contributed by atoms with E-state index in [1.165, 1.54) is 11.3 Å². The lowest BCUT2D eigenvalue weighted by atomic mass is 9.96. The normalized spacial score (nSPS) is 16.9. The molecular formula is C10H9BrF3N3O2S. The van der Waals surface area contributed by atoms with Crippen molar-refractivity contribution in [2.24, 2.45) is 5.73 Å². The number of halogens is 4. The van der Waals surface area contributed by atoms with Crippen molar-refractivity contribution in [3.05, 3.63) is 21.8 Å². The summed E-state index contributed by atoms with van der Waals surface area (Å²) in [6.45, 7) is 0.559. The zero-order valence-electron chi connectivity index (χ0n) is 9.98. The van der Waals surface area contributed by atoms with Crippen LogP contribution in [0.5, 0.6) is 0 Å². The molecule has 0 amide bonds. The van der Waals surface area contributed by atoms with E-state index in [2.05, 4.69) is 26.1 Å². The van der Waals surface area contributed by atoms with Crippen molar-refractivity contribution in [3.8, 4) is 10.7 Å². The molecule has 3 N–H and O–H groups in total. The van der Waals surface area contributed by atoms with Crippen LogP contribution in [-0.2, 0) is 0 Å². The highest BCUT2D eigenvalue weighted by Gasteiger charge is 2.56. The summed E-state index contributed by atoms with van der Waals surface area (Å²) < 4.78 is 43.5. The first kappa shape index (κ1) is 15.4. The van der Waals surface area contributed by atoms with E-state index in [4.69, 9.17) is 10.3 Å². The Morgan fingerprint density at radius 1 is 1.50 bits per heavy atom. The van der Waals surface area contributed by atoms with Crippen molar-refractivity contribution in [1.29, 1.82) is 0 Å². The molecule has 0 fully saturated rings. The molecule has 0 aromatic carbocycles. The molecule has 0 aliphatic carbocycles. The minimum absolute atomic E-state index is 0.115. The van der Waals surface area contributed by atoms with Crippen molar-refractivity contribution >= 4 is 27.3 Å². The van der Waals surface area contributed by atoms with Gasteiger partial charge in [-0.2, -0.15) is 18.2 Å². The highest BCUT2D eigenvalue weighted by atomic mass is 79.9. The van der Waals surface area contributed by atoms with E-state index in [1.54, 1.807) is 11.4 Å². The predicted molar refractivity (Wildman–Crippen MR) is 68.9 cm³/mol. The topological polar surface area (TPSA) is 85.2 Å². The lowest BCUT2D eigenvalue weighted by Crippen LogP contribution is -2.50. The van der Waals surface area contributed by atoms with E-state index in [9.17, 15) is 18.3 Å². The van der Waals surface area contributed by atoms with E-state index < -0.39 is 23.7 Å². The zero-order chi connectivity index (χ0) is 15.1. The van der Waals surface area contributed by atoms with Gasteiger partial charge in [-0.15, -0.1) is 11.3 Å². The standard InChI is InChI=1S/C10H9BrF3N3O2S/c1-9(18,10(12,13)14)6(15)8-16-7(17-19-8)5-2-4(11)3-20-5/h2-3,6,18H,15H2,1H3. The number of aromatic nitrogens is 2. The van der Waals surface area contributed by atoms with Crippen LogP contribution in [0.15, 0.2) is 20.4 Å². The molecule has 0 aliphatic rings. The van der Waals surface area contributed by atoms with Gasteiger partial charge in [-0.25, -0.2) is 0 Å². The van der Waals surface area contributed by atoms with Gasteiger partial charge in [-0.05, 0) is 28.9 Å². The second kappa shape index (κ2) is 5.10. The number of rotatable bonds is 3. The number of hydrogen-bond acceptors (Lipinski definition) is 6. The molecule has 2 aromatic rings. The van der Waals surface area contributed by atoms with Gasteiger partial charge in [0.2, 0.25) is 11.7 Å². The van der Waals surface area contributed by atoms with Gasteiger partial charge in [0.25, 0.3) is 0 Å². The first-order valence-electron chi connectivity index (χ1n) is 5.25. The zero-order valence-corrected chi connectivity index (χ0v) is 12.4. The average molecular weight is 372 g/mol. The summed E-state index contributed by atoms with van der Waals surface area (Å²) in [5.74, 6) is -0.365. The summed E-state index contributed by atoms with van der Waals surface area (Å²) in [7, 11) is 0. The van der Waals surface area contributed by atoms with Crippen LogP contribution in [0.2, 0.25) is 0 Å². The summed E-state index contributed by atoms with van der Waals surface area (Å²) in [5, 5.41) is 14.8. The number of hydrogen-bond donors (Lipinski definition) is 2. The van der Waals surface area contributed by atoms with Gasteiger partial charge in [-0.3, -0.25) is 0 Å². The Hall–Kier alpha value is -0.970. The van der Waals surface area contributed by atoms with E-state index in [0.29, 0.717) is 11.8 Å². The van der Waals surface area contributed by atoms with Crippen molar-refractivity contribution < 1.29 is 22.8 Å². The number of nitrogens with zero attached hydrogens (tertiary/aromatic N) is 2. The summed E-state index contributed by atoms with van der Waals surface area (Å²) in [6.07, 6.45) is -4.91. The van der Waals surface area contributed by atoms with Crippen LogP contribution in [0.4, 0.5) is 13.2 Å². The van der Waals surface area contributed by atoms with Crippen LogP contribution in [0.25, 0.3) is 10.7 Å². The van der Waals surface area contributed by atoms with E-state index in [-0.39, 0.29) is 5.82 Å². The first-order valence-corrected chi connectivity index (χ1v) is 6.93. The second-order valence-corrected chi connectivity index (χ2v) is 6.04. The first-order chi connectivity index (χ1) is 9.13. The molecule has 20 heavy (non-hydrogen) atoms. The van der Waals surface area contributed by atoms with Gasteiger partial charge in [0.05, 0.1) is 4.88 Å². The van der Waals surface area contributed by atoms with Crippen LogP contribution in [0.1, 0.15) is 18.9 Å². The molecule has 2 unspecified atom stereocenters. The maximum Gasteiger partial charge on any atom is 0.418 e. The quantitative estimate of drug-likeness (QED) is 0.866. The Labute approximate surface area is 123 Å². The van der Waals surface area contributed by atoms with E-state index >= 15 is 0 Å². The third-order valence-corrected chi connectivity index (χ3v) is 4.36. The minimum Gasteiger partial charge on any atom is -0.379 e. The highest BCUT2D eigenvalue weighted by Crippen LogP contribution is 2.38. The lowest BCUT2D eigenvalue weighted by Gasteiger charge is -2.29. The number of thiophene rings is 1. The molecule has 0 saturated heterocycles. The van der Waals surface area contributed by atoms with Crippen LogP contribution >= 0.6 is 27.3 Å². The van der Waals surface area contributed by atoms with Gasteiger partial charge < -0.3 is 15.4 Å². The molecule has 0 spiro atoms. The number of alkyl halides is 3. The Bertz CT molecular complexity index is 611. The predicted octanol–water partition coefficient (Wildman–Crippen LogP) is 2.87. The lowest BCUT2D eigenvalue weighted by molar-refractivity contribution is -0.262. The summed E-state index contributed by atoms with van der Waals surface area (Å²) in [4.78, 5) is 4.40. The molecule has 0 bridgehead atoms. The summed E-state index contributed by atoms with van der Waals surface area (Å²) in [5.41, 5.74) is 2.22. The Kier molecular flexibility index (Phi) is 3.93. The average Bonchev–Trinajstić information content (AvgIpc) is 2.94. The van der Waals surface area contributed by atoms with Gasteiger partial charge in [0, 0.05) is 9.85 Å². The molecular weight excluding hydrogens is 363 g/mol. The summed E-state index contributed by atoms with van der Waals surface area (Å²) >= 11 is 4.52. The molecule has 10 heteroatoms. The molecule has 5 nitrogen and oxygen atoms in total. The fourth-order valence-electron chi connectivity index (χ4n) is 1.31. The van der Waals surface area contributed by atoms with E-state index in [0.717, 1.165) is 4.47 Å². The van der Waals surface area contributed by atoms with Crippen molar-refractivity contribution in [2.75, 3.05) is 0 Å². The third-order valence-electron chi connectivity index (χ3n) is 2.68. The maximum absolute atomic E-state index is 12.7. The van der Waals surface area contributed by atoms with Gasteiger partial charge >= 0.3 is 6.18 Å². The van der Waals surface area contributed by atoms with E-state index in [1.807, 2.05) is 0 Å². The molecule has 0 aliphatic heterocycles. The fourth-order valence-corrected chi connectivity index (χ4v) is 2.66. The van der Waals surface area contributed by atoms with Crippen molar-refractivity contribution in [1.82, 2.24) is 10.1 Å². The second-order valence-electron chi connectivity index (χ2n) is 4.21. The van der Waals surface area contributed by atoms with Gasteiger partial charge in [0.1, 0.15) is 6.04 Å². The Morgan fingerprint density at radius 2 is 2.15 bits per heavy atom. The number of nitrogens with two attached hydrogens (primary N) is 1. The molecule has 2 rings (SSSR count). The molecule has 0 radical (unpaired) electrons.